The third-order valence-corrected chi connectivity index (χ3v) is 6.80. The van der Waals surface area contributed by atoms with Gasteiger partial charge in [0.05, 0.1) is 31.6 Å². The number of alkyl halides is 3. The van der Waals surface area contributed by atoms with Gasteiger partial charge in [0.2, 0.25) is 0 Å². The first-order valence-corrected chi connectivity index (χ1v) is 12.0. The number of nitrogens with zero attached hydrogens (tertiary/aromatic N) is 3. The largest absolute Gasteiger partial charge is 0.416 e. The zero-order valence-electron chi connectivity index (χ0n) is 20.1. The fourth-order valence-corrected chi connectivity index (χ4v) is 4.95. The van der Waals surface area contributed by atoms with Gasteiger partial charge in [0.25, 0.3) is 0 Å². The molecule has 2 aliphatic rings. The monoisotopic (exact) mass is 559 g/mol. The maximum Gasteiger partial charge on any atom is 0.416 e. The lowest BCUT2D eigenvalue weighted by atomic mass is 9.88. The second-order valence-electron chi connectivity index (χ2n) is 9.35. The lowest BCUT2D eigenvalue weighted by Crippen LogP contribution is -2.63. The van der Waals surface area contributed by atoms with Crippen molar-refractivity contribution in [3.05, 3.63) is 71.2 Å². The molecule has 5 rings (SSSR count). The standard InChI is InChI=1S/C25H23F6N3O5/c26-16-8-14(9-17(27)20(16)28)18-10-34(33-32-18)21-22(36)19(11-35)39-24(5-2-6-38-24)23(21)37-12-13-3-1-4-15(7-13)25(29,30)31/h1,3-4,7-10,19,21-23,35-36H,2,5-6,11-12H2/t19-,21+,22+,23-,24+/m1/s1. The van der Waals surface area contributed by atoms with E-state index in [1.807, 2.05) is 0 Å². The van der Waals surface area contributed by atoms with Gasteiger partial charge in [-0.1, -0.05) is 17.3 Å². The van der Waals surface area contributed by atoms with Crippen molar-refractivity contribution in [2.45, 2.75) is 55.8 Å². The van der Waals surface area contributed by atoms with Gasteiger partial charge in [0.15, 0.2) is 23.2 Å². The van der Waals surface area contributed by atoms with Gasteiger partial charge in [0.1, 0.15) is 30.0 Å². The van der Waals surface area contributed by atoms with Crippen molar-refractivity contribution in [3.63, 3.8) is 0 Å². The minimum absolute atomic E-state index is 0.0648. The molecule has 8 nitrogen and oxygen atoms in total. The number of ether oxygens (including phenoxy) is 3. The molecule has 2 saturated heterocycles. The Balaban J connectivity index is 1.50. The second-order valence-corrected chi connectivity index (χ2v) is 9.35. The molecule has 0 radical (unpaired) electrons. The van der Waals surface area contributed by atoms with Crippen LogP contribution in [0.1, 0.15) is 30.0 Å². The molecule has 0 amide bonds. The number of benzene rings is 2. The van der Waals surface area contributed by atoms with Gasteiger partial charge in [-0.25, -0.2) is 17.9 Å². The van der Waals surface area contributed by atoms with Crippen LogP contribution in [0.5, 0.6) is 0 Å². The summed E-state index contributed by atoms with van der Waals surface area (Å²) in [6.07, 6.45) is -6.31. The SMILES string of the molecule is OC[C@H]1O[C@@]2(CCCO2)[C@H](OCc2cccc(C(F)(F)F)c2)[C@@H](n2cc(-c3cc(F)c(F)c(F)c3)nn2)[C@H]1O. The normalized spacial score (nSPS) is 27.4. The molecule has 2 aromatic carbocycles. The summed E-state index contributed by atoms with van der Waals surface area (Å²) in [5.41, 5.74) is -0.879. The number of aliphatic hydroxyl groups excluding tert-OH is 2. The molecule has 0 aliphatic carbocycles. The predicted molar refractivity (Wildman–Crippen MR) is 120 cm³/mol. The van der Waals surface area contributed by atoms with Gasteiger partial charge < -0.3 is 24.4 Å². The molecule has 3 heterocycles. The first-order chi connectivity index (χ1) is 18.5. The third-order valence-electron chi connectivity index (χ3n) is 6.80. The minimum Gasteiger partial charge on any atom is -0.394 e. The van der Waals surface area contributed by atoms with Crippen LogP contribution in [-0.2, 0) is 27.0 Å². The highest BCUT2D eigenvalue weighted by Crippen LogP contribution is 2.45. The Morgan fingerprint density at radius 1 is 1.13 bits per heavy atom. The Labute approximate surface area is 217 Å². The molecule has 3 aromatic rings. The summed E-state index contributed by atoms with van der Waals surface area (Å²) in [6.45, 7) is -0.688. The Morgan fingerprint density at radius 2 is 1.87 bits per heavy atom. The summed E-state index contributed by atoms with van der Waals surface area (Å²) in [5, 5.41) is 28.9. The maximum absolute atomic E-state index is 13.8. The smallest absolute Gasteiger partial charge is 0.394 e. The number of aliphatic hydroxyl groups is 2. The first-order valence-electron chi connectivity index (χ1n) is 12.0. The fraction of sp³-hybridized carbons (Fsp3) is 0.440. The van der Waals surface area contributed by atoms with Crippen LogP contribution < -0.4 is 0 Å². The summed E-state index contributed by atoms with van der Waals surface area (Å²) in [6, 6.07) is 4.83. The molecule has 0 bridgehead atoms. The highest BCUT2D eigenvalue weighted by Gasteiger charge is 2.58. The molecule has 2 aliphatic heterocycles. The van der Waals surface area contributed by atoms with Crippen molar-refractivity contribution in [1.29, 1.82) is 0 Å². The van der Waals surface area contributed by atoms with Gasteiger partial charge in [-0.15, -0.1) is 5.10 Å². The van der Waals surface area contributed by atoms with Gasteiger partial charge in [-0.3, -0.25) is 0 Å². The number of aromatic nitrogens is 3. The topological polar surface area (TPSA) is 98.9 Å². The van der Waals surface area contributed by atoms with Crippen molar-refractivity contribution in [2.75, 3.05) is 13.2 Å². The molecule has 1 spiro atoms. The van der Waals surface area contributed by atoms with Gasteiger partial charge >= 0.3 is 6.18 Å². The summed E-state index contributed by atoms with van der Waals surface area (Å²) in [4.78, 5) is 0. The van der Waals surface area contributed by atoms with Gasteiger partial charge in [0, 0.05) is 12.0 Å². The van der Waals surface area contributed by atoms with Crippen LogP contribution in [0.25, 0.3) is 11.3 Å². The van der Waals surface area contributed by atoms with E-state index in [0.29, 0.717) is 6.42 Å². The van der Waals surface area contributed by atoms with E-state index >= 15 is 0 Å². The molecule has 1 aromatic heterocycles. The lowest BCUT2D eigenvalue weighted by molar-refractivity contribution is -0.348. The molecule has 0 saturated carbocycles. The molecule has 39 heavy (non-hydrogen) atoms. The van der Waals surface area contributed by atoms with Crippen molar-refractivity contribution in [2.24, 2.45) is 0 Å². The second kappa shape index (κ2) is 10.5. The highest BCUT2D eigenvalue weighted by atomic mass is 19.4. The van der Waals surface area contributed by atoms with Crippen LogP contribution in [0.2, 0.25) is 0 Å². The Kier molecular flexibility index (Phi) is 7.41. The van der Waals surface area contributed by atoms with Gasteiger partial charge in [-0.2, -0.15) is 13.2 Å². The quantitative estimate of drug-likeness (QED) is 0.351. The van der Waals surface area contributed by atoms with E-state index in [1.165, 1.54) is 18.3 Å². The van der Waals surface area contributed by atoms with Crippen molar-refractivity contribution >= 4 is 0 Å². The summed E-state index contributed by atoms with van der Waals surface area (Å²) < 4.78 is 99.7. The zero-order chi connectivity index (χ0) is 27.9. The van der Waals surface area contributed by atoms with Crippen LogP contribution in [0.4, 0.5) is 26.3 Å². The summed E-state index contributed by atoms with van der Waals surface area (Å²) in [5.74, 6) is -6.02. The minimum atomic E-state index is -4.57. The molecular formula is C25H23F6N3O5. The molecule has 2 fully saturated rings. The van der Waals surface area contributed by atoms with Crippen LogP contribution >= 0.6 is 0 Å². The Bertz CT molecular complexity index is 1310. The number of hydrogen-bond acceptors (Lipinski definition) is 7. The van der Waals surface area contributed by atoms with Crippen molar-refractivity contribution < 1.29 is 50.8 Å². The molecule has 14 heteroatoms. The average Bonchev–Trinajstić information content (AvgIpc) is 3.57. The average molecular weight is 559 g/mol. The van der Waals surface area contributed by atoms with E-state index in [0.717, 1.165) is 28.9 Å². The van der Waals surface area contributed by atoms with Crippen LogP contribution in [0.15, 0.2) is 42.6 Å². The van der Waals surface area contributed by atoms with Crippen LogP contribution in [-0.4, -0.2) is 62.5 Å². The Morgan fingerprint density at radius 3 is 2.51 bits per heavy atom. The first kappa shape index (κ1) is 27.5. The van der Waals surface area contributed by atoms with E-state index < -0.39 is 65.9 Å². The predicted octanol–water partition coefficient (Wildman–Crippen LogP) is 3.77. The lowest BCUT2D eigenvalue weighted by Gasteiger charge is -2.49. The highest BCUT2D eigenvalue weighted by molar-refractivity contribution is 5.58. The third kappa shape index (κ3) is 5.26. The van der Waals surface area contributed by atoms with Crippen molar-refractivity contribution in [3.8, 4) is 11.3 Å². The molecule has 210 valence electrons. The van der Waals surface area contributed by atoms with Crippen LogP contribution in [0, 0.1) is 17.5 Å². The maximum atomic E-state index is 13.8. The Hall–Kier alpha value is -3.04. The summed E-state index contributed by atoms with van der Waals surface area (Å²) in [7, 11) is 0. The van der Waals surface area contributed by atoms with E-state index in [-0.39, 0.29) is 36.5 Å². The number of rotatable bonds is 6. The van der Waals surface area contributed by atoms with Crippen molar-refractivity contribution in [1.82, 2.24) is 15.0 Å². The van der Waals surface area contributed by atoms with E-state index in [9.17, 15) is 36.6 Å². The van der Waals surface area contributed by atoms with Crippen LogP contribution in [0.3, 0.4) is 0 Å². The molecule has 0 unspecified atom stereocenters. The van der Waals surface area contributed by atoms with Gasteiger partial charge in [-0.05, 0) is 36.2 Å². The van der Waals surface area contributed by atoms with E-state index in [1.54, 1.807) is 0 Å². The molecule has 5 atom stereocenters. The zero-order valence-corrected chi connectivity index (χ0v) is 20.1. The molecule has 2 N–H and O–H groups in total. The van der Waals surface area contributed by atoms with E-state index in [2.05, 4.69) is 10.3 Å². The van der Waals surface area contributed by atoms with E-state index in [4.69, 9.17) is 14.2 Å². The number of halogens is 6. The fourth-order valence-electron chi connectivity index (χ4n) is 4.95. The summed E-state index contributed by atoms with van der Waals surface area (Å²) >= 11 is 0. The molecular weight excluding hydrogens is 536 g/mol. The number of hydrogen-bond donors (Lipinski definition) is 2.